The second-order valence-corrected chi connectivity index (χ2v) is 8.34. The van der Waals surface area contributed by atoms with Crippen molar-refractivity contribution in [2.45, 2.75) is 33.7 Å². The Morgan fingerprint density at radius 2 is 2.03 bits per heavy atom. The standard InChI is InChI=1S/C23H24N4OS/c1-16-6-4-7-19(14-16)22(28)27(12-5-11-26-13-10-24-15-26)23-25-21-18(3)17(2)8-9-20(21)29-23/h4,6-10,13-15H,5,11-12H2,1-3H3. The monoisotopic (exact) mass is 404 g/mol. The summed E-state index contributed by atoms with van der Waals surface area (Å²) in [6, 6.07) is 12.0. The van der Waals surface area contributed by atoms with Gasteiger partial charge >= 0.3 is 0 Å². The molecule has 0 aliphatic carbocycles. The summed E-state index contributed by atoms with van der Waals surface area (Å²) in [6.07, 6.45) is 6.34. The fourth-order valence-corrected chi connectivity index (χ4v) is 4.43. The molecule has 0 saturated carbocycles. The van der Waals surface area contributed by atoms with E-state index in [1.54, 1.807) is 23.9 Å². The molecule has 2 aromatic carbocycles. The van der Waals surface area contributed by atoms with E-state index < -0.39 is 0 Å². The Morgan fingerprint density at radius 1 is 1.17 bits per heavy atom. The molecule has 0 aliphatic rings. The van der Waals surface area contributed by atoms with Crippen LogP contribution in [0.25, 0.3) is 10.2 Å². The molecular formula is C23H24N4OS. The van der Waals surface area contributed by atoms with Gasteiger partial charge < -0.3 is 4.57 Å². The zero-order valence-electron chi connectivity index (χ0n) is 16.9. The Hall–Kier alpha value is -2.99. The molecule has 0 aliphatic heterocycles. The van der Waals surface area contributed by atoms with Crippen molar-refractivity contribution < 1.29 is 4.79 Å². The summed E-state index contributed by atoms with van der Waals surface area (Å²) in [6.45, 7) is 7.59. The number of hydrogen-bond acceptors (Lipinski definition) is 4. The van der Waals surface area contributed by atoms with Crippen LogP contribution < -0.4 is 4.90 Å². The second-order valence-electron chi connectivity index (χ2n) is 7.33. The molecule has 0 unspecified atom stereocenters. The van der Waals surface area contributed by atoms with Gasteiger partial charge in [0.2, 0.25) is 0 Å². The summed E-state index contributed by atoms with van der Waals surface area (Å²) >= 11 is 1.58. The molecule has 2 heterocycles. The Bertz CT molecular complexity index is 1150. The van der Waals surface area contributed by atoms with Gasteiger partial charge in [0.1, 0.15) is 0 Å². The minimum absolute atomic E-state index is 0.00670. The van der Waals surface area contributed by atoms with Gasteiger partial charge in [0.25, 0.3) is 5.91 Å². The average Bonchev–Trinajstić information content (AvgIpc) is 3.38. The number of anilines is 1. The van der Waals surface area contributed by atoms with Crippen LogP contribution in [-0.4, -0.2) is 27.0 Å². The first-order chi connectivity index (χ1) is 14.0. The number of fused-ring (bicyclic) bond motifs is 1. The number of aryl methyl sites for hydroxylation is 4. The SMILES string of the molecule is Cc1cccc(C(=O)N(CCCn2ccnc2)c2nc3c(C)c(C)ccc3s2)c1. The van der Waals surface area contributed by atoms with Crippen LogP contribution in [0.15, 0.2) is 55.1 Å². The Kier molecular flexibility index (Phi) is 5.45. The van der Waals surface area contributed by atoms with E-state index in [0.717, 1.165) is 33.9 Å². The Morgan fingerprint density at radius 3 is 2.79 bits per heavy atom. The number of aromatic nitrogens is 3. The first kappa shape index (κ1) is 19.3. The quantitative estimate of drug-likeness (QED) is 0.446. The summed E-state index contributed by atoms with van der Waals surface area (Å²) in [4.78, 5) is 24.2. The first-order valence-electron chi connectivity index (χ1n) is 9.74. The molecule has 2 aromatic heterocycles. The molecule has 0 fully saturated rings. The van der Waals surface area contributed by atoms with Crippen LogP contribution in [0.4, 0.5) is 5.13 Å². The van der Waals surface area contributed by atoms with E-state index in [-0.39, 0.29) is 5.91 Å². The number of hydrogen-bond donors (Lipinski definition) is 0. The molecule has 0 atom stereocenters. The fraction of sp³-hybridized carbons (Fsp3) is 0.261. The van der Waals surface area contributed by atoms with Gasteiger partial charge in [-0.15, -0.1) is 0 Å². The average molecular weight is 405 g/mol. The molecule has 0 bridgehead atoms. The third kappa shape index (κ3) is 4.07. The minimum atomic E-state index is -0.00670. The summed E-state index contributed by atoms with van der Waals surface area (Å²) in [5, 5.41) is 0.755. The van der Waals surface area contributed by atoms with Gasteiger partial charge in [-0.2, -0.15) is 0 Å². The molecule has 6 heteroatoms. The normalized spacial score (nSPS) is 11.1. The van der Waals surface area contributed by atoms with Gasteiger partial charge in [-0.1, -0.05) is 35.1 Å². The number of thiazole rings is 1. The van der Waals surface area contributed by atoms with Crippen molar-refractivity contribution in [1.29, 1.82) is 0 Å². The van der Waals surface area contributed by atoms with Crippen molar-refractivity contribution in [3.8, 4) is 0 Å². The minimum Gasteiger partial charge on any atom is -0.337 e. The van der Waals surface area contributed by atoms with Crippen LogP contribution in [0.5, 0.6) is 0 Å². The lowest BCUT2D eigenvalue weighted by Crippen LogP contribution is -2.32. The summed E-state index contributed by atoms with van der Waals surface area (Å²) < 4.78 is 3.14. The number of carbonyl (C=O) groups excluding carboxylic acids is 1. The molecule has 0 spiro atoms. The molecule has 0 saturated heterocycles. The second kappa shape index (κ2) is 8.17. The van der Waals surface area contributed by atoms with Crippen molar-refractivity contribution in [2.24, 2.45) is 0 Å². The van der Waals surface area contributed by atoms with Gasteiger partial charge in [-0.05, 0) is 56.5 Å². The lowest BCUT2D eigenvalue weighted by atomic mass is 10.1. The zero-order valence-corrected chi connectivity index (χ0v) is 17.7. The van der Waals surface area contributed by atoms with Gasteiger partial charge in [0, 0.05) is 31.0 Å². The van der Waals surface area contributed by atoms with Crippen molar-refractivity contribution in [3.05, 3.63) is 77.4 Å². The number of nitrogens with zero attached hydrogens (tertiary/aromatic N) is 4. The molecule has 4 aromatic rings. The van der Waals surface area contributed by atoms with Crippen molar-refractivity contribution in [2.75, 3.05) is 11.4 Å². The van der Waals surface area contributed by atoms with Gasteiger partial charge in [-0.25, -0.2) is 9.97 Å². The molecule has 1 amide bonds. The summed E-state index contributed by atoms with van der Waals surface area (Å²) in [7, 11) is 0. The first-order valence-corrected chi connectivity index (χ1v) is 10.6. The number of carbonyl (C=O) groups is 1. The zero-order chi connectivity index (χ0) is 20.4. The lowest BCUT2D eigenvalue weighted by Gasteiger charge is -2.20. The van der Waals surface area contributed by atoms with E-state index in [1.807, 2.05) is 46.9 Å². The van der Waals surface area contributed by atoms with E-state index in [4.69, 9.17) is 4.98 Å². The summed E-state index contributed by atoms with van der Waals surface area (Å²) in [5.74, 6) is -0.00670. The highest BCUT2D eigenvalue weighted by Crippen LogP contribution is 2.32. The van der Waals surface area contributed by atoms with Crippen LogP contribution in [0.2, 0.25) is 0 Å². The van der Waals surface area contributed by atoms with Crippen molar-refractivity contribution >= 4 is 32.6 Å². The largest absolute Gasteiger partial charge is 0.337 e. The van der Waals surface area contributed by atoms with Crippen molar-refractivity contribution in [1.82, 2.24) is 14.5 Å². The highest BCUT2D eigenvalue weighted by Gasteiger charge is 2.22. The summed E-state index contributed by atoms with van der Waals surface area (Å²) in [5.41, 5.74) is 5.14. The van der Waals surface area contributed by atoms with Crippen molar-refractivity contribution in [3.63, 3.8) is 0 Å². The third-order valence-electron chi connectivity index (χ3n) is 5.17. The van der Waals surface area contributed by atoms with E-state index in [9.17, 15) is 4.79 Å². The lowest BCUT2D eigenvalue weighted by molar-refractivity contribution is 0.0986. The maximum absolute atomic E-state index is 13.4. The van der Waals surface area contributed by atoms with Crippen LogP contribution in [-0.2, 0) is 6.54 Å². The smallest absolute Gasteiger partial charge is 0.260 e. The number of amides is 1. The van der Waals surface area contributed by atoms with Gasteiger partial charge in [0.15, 0.2) is 5.13 Å². The maximum Gasteiger partial charge on any atom is 0.260 e. The molecule has 5 nitrogen and oxygen atoms in total. The maximum atomic E-state index is 13.4. The van der Waals surface area contributed by atoms with E-state index in [2.05, 4.69) is 31.0 Å². The number of rotatable bonds is 6. The molecular weight excluding hydrogens is 380 g/mol. The van der Waals surface area contributed by atoms with Crippen LogP contribution in [0.3, 0.4) is 0 Å². The number of benzene rings is 2. The Labute approximate surface area is 174 Å². The topological polar surface area (TPSA) is 51.0 Å². The van der Waals surface area contributed by atoms with E-state index >= 15 is 0 Å². The number of imidazole rings is 1. The van der Waals surface area contributed by atoms with Crippen LogP contribution in [0.1, 0.15) is 33.5 Å². The molecule has 0 N–H and O–H groups in total. The van der Waals surface area contributed by atoms with Gasteiger partial charge in [0.05, 0.1) is 16.5 Å². The third-order valence-corrected chi connectivity index (χ3v) is 6.22. The fourth-order valence-electron chi connectivity index (χ4n) is 3.38. The van der Waals surface area contributed by atoms with Crippen LogP contribution >= 0.6 is 11.3 Å². The highest BCUT2D eigenvalue weighted by molar-refractivity contribution is 7.22. The predicted molar refractivity (Wildman–Crippen MR) is 119 cm³/mol. The predicted octanol–water partition coefficient (Wildman–Crippen LogP) is 5.16. The molecule has 4 rings (SSSR count). The molecule has 0 radical (unpaired) electrons. The van der Waals surface area contributed by atoms with Crippen LogP contribution in [0, 0.1) is 20.8 Å². The Balaban J connectivity index is 1.67. The molecule has 29 heavy (non-hydrogen) atoms. The molecule has 148 valence electrons. The van der Waals surface area contributed by atoms with Gasteiger partial charge in [-0.3, -0.25) is 9.69 Å². The van der Waals surface area contributed by atoms with E-state index in [0.29, 0.717) is 12.1 Å². The highest BCUT2D eigenvalue weighted by atomic mass is 32.1. The van der Waals surface area contributed by atoms with E-state index in [1.165, 1.54) is 11.1 Å².